The van der Waals surface area contributed by atoms with Gasteiger partial charge < -0.3 is 5.32 Å². The molecule has 0 aliphatic heterocycles. The van der Waals surface area contributed by atoms with Crippen LogP contribution in [-0.4, -0.2) is 16.5 Å². The summed E-state index contributed by atoms with van der Waals surface area (Å²) in [5, 5.41) is 3.49. The molecule has 1 heterocycles. The molecule has 0 bridgehead atoms. The molecule has 1 amide bonds. The molecule has 0 saturated carbocycles. The normalized spacial score (nSPS) is 12.8. The average Bonchev–Trinajstić information content (AvgIpc) is 3.66. The van der Waals surface area contributed by atoms with Crippen molar-refractivity contribution in [3.05, 3.63) is 18.7 Å². The van der Waals surface area contributed by atoms with E-state index >= 15 is 0 Å². The molecule has 0 aromatic carbocycles. The Balaban J connectivity index is 2.44. The summed E-state index contributed by atoms with van der Waals surface area (Å²) in [4.78, 5) is 13.2. The van der Waals surface area contributed by atoms with Crippen LogP contribution >= 0.6 is 0 Å². The van der Waals surface area contributed by atoms with Crippen LogP contribution in [0.3, 0.4) is 0 Å². The molecule has 0 radical (unpaired) electrons. The van der Waals surface area contributed by atoms with Gasteiger partial charge in [0.25, 0.3) is 5.91 Å². The monoisotopic (exact) mass is 869 g/mol. The van der Waals surface area contributed by atoms with Gasteiger partial charge in [-0.15, -0.1) is 0 Å². The minimum absolute atomic E-state index is 0.170. The molecule has 4 nitrogen and oxygen atoms in total. The second-order valence-electron chi connectivity index (χ2n) is 21.4. The first-order valence-corrected chi connectivity index (χ1v) is 28.6. The number of amides is 1. The summed E-state index contributed by atoms with van der Waals surface area (Å²) in [5.41, 5.74) is 0. The maximum absolute atomic E-state index is 13.2. The smallest absolute Gasteiger partial charge is 0.262 e. The molecular formula is C58H114N3O+. The molecule has 0 aliphatic rings. The van der Waals surface area contributed by atoms with Crippen LogP contribution in [0.1, 0.15) is 311 Å². The number of aryl methyl sites for hydroxylation is 1. The Morgan fingerprint density at radius 1 is 0.452 bits per heavy atom. The first-order chi connectivity index (χ1) is 30.3. The molecule has 1 rings (SSSR count). The second-order valence-corrected chi connectivity index (χ2v) is 21.4. The van der Waals surface area contributed by atoms with Crippen LogP contribution in [0.15, 0.2) is 18.7 Å². The number of aromatic nitrogens is 2. The highest BCUT2D eigenvalue weighted by atomic mass is 16.2. The first-order valence-electron chi connectivity index (χ1n) is 28.6. The predicted molar refractivity (Wildman–Crippen MR) is 275 cm³/mol. The molecule has 4 heteroatoms. The highest BCUT2D eigenvalue weighted by Gasteiger charge is 2.17. The van der Waals surface area contributed by atoms with Crippen molar-refractivity contribution < 1.29 is 9.36 Å². The summed E-state index contributed by atoms with van der Waals surface area (Å²) < 4.78 is 4.02. The van der Waals surface area contributed by atoms with Crippen molar-refractivity contribution in [2.45, 2.75) is 323 Å². The summed E-state index contributed by atoms with van der Waals surface area (Å²) in [6, 6.07) is 0.304. The highest BCUT2D eigenvalue weighted by Crippen LogP contribution is 2.26. The summed E-state index contributed by atoms with van der Waals surface area (Å²) in [5.74, 6) is 2.60. The number of nitrogens with zero attached hydrogens (tertiary/aromatic N) is 2. The number of unbranched alkanes of at least 4 members (excludes halogenated alkanes) is 31. The molecule has 366 valence electrons. The SMILES string of the molecule is CCCCCCCCCCCCCCCCCCC(CCCCCCCCCCCCCCCCCC)CCCCC(CCC(C)CCCC(C)C)NC(=O)Cn1cc[n+](C)c1. The van der Waals surface area contributed by atoms with Crippen LogP contribution in [0.25, 0.3) is 0 Å². The van der Waals surface area contributed by atoms with Crippen LogP contribution in [0.5, 0.6) is 0 Å². The van der Waals surface area contributed by atoms with Crippen molar-refractivity contribution >= 4 is 5.91 Å². The molecule has 62 heavy (non-hydrogen) atoms. The summed E-state index contributed by atoms with van der Waals surface area (Å²) in [6.45, 7) is 12.2. The molecule has 2 unspecified atom stereocenters. The van der Waals surface area contributed by atoms with Crippen molar-refractivity contribution in [3.63, 3.8) is 0 Å². The molecular weight excluding hydrogens is 755 g/mol. The average molecular weight is 870 g/mol. The van der Waals surface area contributed by atoms with Gasteiger partial charge >= 0.3 is 0 Å². The van der Waals surface area contributed by atoms with Crippen molar-refractivity contribution in [1.82, 2.24) is 9.88 Å². The Hall–Kier alpha value is -1.32. The zero-order valence-corrected chi connectivity index (χ0v) is 43.5. The number of hydrogen-bond acceptors (Lipinski definition) is 1. The maximum Gasteiger partial charge on any atom is 0.262 e. The van der Waals surface area contributed by atoms with Gasteiger partial charge in [-0.1, -0.05) is 291 Å². The fourth-order valence-electron chi connectivity index (χ4n) is 10.0. The molecule has 1 aromatic heterocycles. The lowest BCUT2D eigenvalue weighted by molar-refractivity contribution is -0.671. The lowest BCUT2D eigenvalue weighted by Crippen LogP contribution is -2.37. The zero-order chi connectivity index (χ0) is 45.0. The van der Waals surface area contributed by atoms with Gasteiger partial charge in [-0.3, -0.25) is 4.79 Å². The number of hydrogen-bond donors (Lipinski definition) is 1. The van der Waals surface area contributed by atoms with Gasteiger partial charge in [-0.25, -0.2) is 9.13 Å². The largest absolute Gasteiger partial charge is 0.350 e. The Bertz CT molecular complexity index is 1010. The molecule has 0 aliphatic carbocycles. The third kappa shape index (κ3) is 40.2. The van der Waals surface area contributed by atoms with Crippen molar-refractivity contribution in [1.29, 1.82) is 0 Å². The Morgan fingerprint density at radius 3 is 1.19 bits per heavy atom. The third-order valence-corrected chi connectivity index (χ3v) is 14.3. The van der Waals surface area contributed by atoms with E-state index in [0.29, 0.717) is 12.6 Å². The first kappa shape index (κ1) is 58.7. The Labute approximate surface area is 390 Å². The highest BCUT2D eigenvalue weighted by molar-refractivity contribution is 5.76. The van der Waals surface area contributed by atoms with Crippen LogP contribution < -0.4 is 9.88 Å². The van der Waals surface area contributed by atoms with Gasteiger partial charge in [-0.05, 0) is 37.0 Å². The number of carbonyl (C=O) groups is 1. The standard InChI is InChI=1S/C58H113N3O/c1-7-9-11-13-15-17-19-21-23-25-27-29-31-33-35-37-44-56(45-38-36-34-32-30-28-26-24-22-20-18-16-14-12-10-8-2)46-39-40-47-57(49-48-55(5)43-41-42-54(3)4)59-58(62)52-61-51-50-60(6)53-61/h50-51,53-57H,7-49,52H2,1-6H3/p+1. The van der Waals surface area contributed by atoms with Gasteiger partial charge in [0, 0.05) is 6.04 Å². The van der Waals surface area contributed by atoms with Gasteiger partial charge in [0.05, 0.1) is 7.05 Å². The molecule has 1 aromatic rings. The van der Waals surface area contributed by atoms with Crippen LogP contribution in [0, 0.1) is 17.8 Å². The lowest BCUT2D eigenvalue weighted by Gasteiger charge is -2.22. The summed E-state index contributed by atoms with van der Waals surface area (Å²) >= 11 is 0. The topological polar surface area (TPSA) is 37.9 Å². The van der Waals surface area contributed by atoms with E-state index in [1.54, 1.807) is 0 Å². The molecule has 0 spiro atoms. The molecule has 2 atom stereocenters. The van der Waals surface area contributed by atoms with E-state index in [1.165, 1.54) is 263 Å². The van der Waals surface area contributed by atoms with E-state index in [2.05, 4.69) is 39.9 Å². The predicted octanol–water partition coefficient (Wildman–Crippen LogP) is 18.5. The quantitative estimate of drug-likeness (QED) is 0.0514. The number of carbonyl (C=O) groups excluding carboxylic acids is 1. The number of nitrogens with one attached hydrogen (secondary N) is 1. The lowest BCUT2D eigenvalue weighted by atomic mass is 9.88. The second kappa shape index (κ2) is 44.9. The minimum atomic E-state index is 0.170. The van der Waals surface area contributed by atoms with Crippen LogP contribution in [-0.2, 0) is 18.4 Å². The van der Waals surface area contributed by atoms with Gasteiger partial charge in [0.2, 0.25) is 6.33 Å². The van der Waals surface area contributed by atoms with E-state index in [4.69, 9.17) is 0 Å². The summed E-state index contributed by atoms with van der Waals surface area (Å²) in [7, 11) is 2.02. The molecule has 1 N–H and O–H groups in total. The van der Waals surface area contributed by atoms with Crippen LogP contribution in [0.2, 0.25) is 0 Å². The number of rotatable bonds is 49. The number of imidazole rings is 1. The third-order valence-electron chi connectivity index (χ3n) is 14.3. The molecule has 0 saturated heterocycles. The van der Waals surface area contributed by atoms with Gasteiger partial charge in [0.1, 0.15) is 12.4 Å². The van der Waals surface area contributed by atoms with E-state index in [0.717, 1.165) is 30.6 Å². The van der Waals surface area contributed by atoms with Gasteiger partial charge in [-0.2, -0.15) is 0 Å². The van der Waals surface area contributed by atoms with Crippen molar-refractivity contribution in [3.8, 4) is 0 Å². The van der Waals surface area contributed by atoms with E-state index < -0.39 is 0 Å². The fourth-order valence-corrected chi connectivity index (χ4v) is 10.0. The Kier molecular flexibility index (Phi) is 42.5. The Morgan fingerprint density at radius 2 is 0.823 bits per heavy atom. The van der Waals surface area contributed by atoms with Crippen LogP contribution in [0.4, 0.5) is 0 Å². The van der Waals surface area contributed by atoms with E-state index in [-0.39, 0.29) is 5.91 Å². The fraction of sp³-hybridized carbons (Fsp3) is 0.931. The van der Waals surface area contributed by atoms with Crippen molar-refractivity contribution in [2.24, 2.45) is 24.8 Å². The summed E-state index contributed by atoms with van der Waals surface area (Å²) in [6.07, 6.45) is 66.7. The molecule has 0 fully saturated rings. The zero-order valence-electron chi connectivity index (χ0n) is 43.5. The van der Waals surface area contributed by atoms with E-state index in [1.807, 2.05) is 34.9 Å². The van der Waals surface area contributed by atoms with Gasteiger partial charge in [0.15, 0.2) is 6.54 Å². The van der Waals surface area contributed by atoms with E-state index in [9.17, 15) is 4.79 Å². The minimum Gasteiger partial charge on any atom is -0.350 e. The maximum atomic E-state index is 13.2. The van der Waals surface area contributed by atoms with Crippen molar-refractivity contribution in [2.75, 3.05) is 0 Å².